The number of carbonyl (C=O) groups excluding carboxylic acids is 1. The number of benzene rings is 3. The lowest BCUT2D eigenvalue weighted by Crippen LogP contribution is -2.13. The van der Waals surface area contributed by atoms with E-state index in [-0.39, 0.29) is 11.7 Å². The van der Waals surface area contributed by atoms with Crippen LogP contribution in [0.1, 0.15) is 5.56 Å². The number of hydrogen-bond donors (Lipinski definition) is 2. The number of thiazole rings is 1. The lowest BCUT2D eigenvalue weighted by molar-refractivity contribution is -0.113. The van der Waals surface area contributed by atoms with Crippen molar-refractivity contribution >= 4 is 83.9 Å². The van der Waals surface area contributed by atoms with Gasteiger partial charge in [-0.15, -0.1) is 21.5 Å². The monoisotopic (exact) mass is 495 g/mol. The van der Waals surface area contributed by atoms with Gasteiger partial charge in [-0.25, -0.2) is 4.98 Å². The van der Waals surface area contributed by atoms with Crippen LogP contribution in [-0.4, -0.2) is 26.8 Å². The molecule has 32 heavy (non-hydrogen) atoms. The van der Waals surface area contributed by atoms with Gasteiger partial charge in [0.2, 0.25) is 11.0 Å². The average molecular weight is 496 g/mol. The van der Waals surface area contributed by atoms with Crippen molar-refractivity contribution in [2.75, 3.05) is 16.8 Å². The largest absolute Gasteiger partial charge is 0.399 e. The van der Waals surface area contributed by atoms with Crippen LogP contribution in [0.3, 0.4) is 0 Å². The number of nitrogen functional groups attached to an aromatic ring is 1. The number of amides is 1. The summed E-state index contributed by atoms with van der Waals surface area (Å²) >= 11 is 5.94. The molecule has 0 aliphatic rings. The third-order valence-corrected chi connectivity index (χ3v) is 8.79. The van der Waals surface area contributed by atoms with E-state index in [4.69, 9.17) is 5.73 Å². The summed E-state index contributed by atoms with van der Waals surface area (Å²) in [6.07, 6.45) is 0. The highest BCUT2D eigenvalue weighted by atomic mass is 32.2. The lowest BCUT2D eigenvalue weighted by atomic mass is 10.1. The Labute approximate surface area is 200 Å². The molecule has 1 amide bonds. The topological polar surface area (TPSA) is 93.8 Å². The molecular formula is C22H17N5OS4. The van der Waals surface area contributed by atoms with Gasteiger partial charge in [-0.2, -0.15) is 0 Å². The second-order valence-electron chi connectivity index (χ2n) is 6.84. The van der Waals surface area contributed by atoms with E-state index < -0.39 is 0 Å². The summed E-state index contributed by atoms with van der Waals surface area (Å²) in [6.45, 7) is 0. The summed E-state index contributed by atoms with van der Waals surface area (Å²) in [5, 5.41) is 14.1. The highest BCUT2D eigenvalue weighted by molar-refractivity contribution is 8.01. The molecule has 0 fully saturated rings. The van der Waals surface area contributed by atoms with E-state index >= 15 is 0 Å². The van der Waals surface area contributed by atoms with Gasteiger partial charge in [-0.3, -0.25) is 10.1 Å². The smallest absolute Gasteiger partial charge is 0.236 e. The summed E-state index contributed by atoms with van der Waals surface area (Å²) in [5.74, 6) is 0.922. The molecule has 0 bridgehead atoms. The van der Waals surface area contributed by atoms with Crippen molar-refractivity contribution < 1.29 is 4.79 Å². The van der Waals surface area contributed by atoms with E-state index in [1.807, 2.05) is 24.3 Å². The molecule has 0 aliphatic carbocycles. The van der Waals surface area contributed by atoms with Crippen molar-refractivity contribution in [2.45, 2.75) is 14.4 Å². The molecule has 0 aliphatic heterocycles. The van der Waals surface area contributed by atoms with Gasteiger partial charge in [0, 0.05) is 11.4 Å². The van der Waals surface area contributed by atoms with Crippen LogP contribution in [0.25, 0.3) is 21.0 Å². The quantitative estimate of drug-likeness (QED) is 0.165. The predicted molar refractivity (Wildman–Crippen MR) is 137 cm³/mol. The van der Waals surface area contributed by atoms with E-state index in [9.17, 15) is 4.79 Å². The SMILES string of the molecule is Nc1ccc2nc(SCC(=O)Nc3nnc(SCc4cccc5ccccc45)s3)sc2c1. The van der Waals surface area contributed by atoms with Crippen LogP contribution in [0.5, 0.6) is 0 Å². The van der Waals surface area contributed by atoms with Gasteiger partial charge in [-0.1, -0.05) is 77.3 Å². The number of thioether (sulfide) groups is 2. The Bertz CT molecular complexity index is 1410. The van der Waals surface area contributed by atoms with Crippen LogP contribution >= 0.6 is 46.2 Å². The van der Waals surface area contributed by atoms with E-state index in [1.54, 1.807) is 11.8 Å². The van der Waals surface area contributed by atoms with Crippen molar-refractivity contribution in [1.82, 2.24) is 15.2 Å². The highest BCUT2D eigenvalue weighted by Crippen LogP contribution is 2.32. The number of aromatic nitrogens is 3. The number of carbonyl (C=O) groups is 1. The van der Waals surface area contributed by atoms with E-state index in [2.05, 4.69) is 56.9 Å². The van der Waals surface area contributed by atoms with Crippen LogP contribution in [0.2, 0.25) is 0 Å². The second kappa shape index (κ2) is 9.45. The molecule has 160 valence electrons. The molecule has 5 rings (SSSR count). The number of nitrogens with zero attached hydrogens (tertiary/aromatic N) is 3. The Morgan fingerprint density at radius 2 is 1.84 bits per heavy atom. The first-order chi connectivity index (χ1) is 15.6. The Hall–Kier alpha value is -2.66. The molecule has 5 aromatic rings. The first kappa shape index (κ1) is 21.2. The van der Waals surface area contributed by atoms with Gasteiger partial charge >= 0.3 is 0 Å². The summed E-state index contributed by atoms with van der Waals surface area (Å²) in [5.41, 5.74) is 8.67. The summed E-state index contributed by atoms with van der Waals surface area (Å²) in [4.78, 5) is 16.9. The second-order valence-corrected chi connectivity index (χ2v) is 11.3. The Kier molecular flexibility index (Phi) is 6.26. The number of anilines is 2. The number of nitrogens with one attached hydrogen (secondary N) is 1. The van der Waals surface area contributed by atoms with Gasteiger partial charge in [0.05, 0.1) is 16.0 Å². The molecule has 0 radical (unpaired) electrons. The molecule has 0 spiro atoms. The molecule has 0 unspecified atom stereocenters. The fraction of sp³-hybridized carbons (Fsp3) is 0.0909. The normalized spacial score (nSPS) is 11.2. The van der Waals surface area contributed by atoms with Gasteiger partial charge in [-0.05, 0) is 34.5 Å². The molecule has 0 atom stereocenters. The third kappa shape index (κ3) is 4.88. The number of fused-ring (bicyclic) bond motifs is 2. The van der Waals surface area contributed by atoms with E-state index in [0.29, 0.717) is 10.8 Å². The molecule has 0 saturated heterocycles. The van der Waals surface area contributed by atoms with E-state index in [0.717, 1.165) is 24.6 Å². The van der Waals surface area contributed by atoms with Crippen molar-refractivity contribution in [3.8, 4) is 0 Å². The molecule has 3 aromatic carbocycles. The van der Waals surface area contributed by atoms with Gasteiger partial charge in [0.1, 0.15) is 0 Å². The summed E-state index contributed by atoms with van der Waals surface area (Å²) < 4.78 is 2.68. The highest BCUT2D eigenvalue weighted by Gasteiger charge is 2.12. The lowest BCUT2D eigenvalue weighted by Gasteiger charge is -2.04. The molecule has 10 heteroatoms. The van der Waals surface area contributed by atoms with Crippen molar-refractivity contribution in [3.63, 3.8) is 0 Å². The first-order valence-electron chi connectivity index (χ1n) is 9.66. The Balaban J connectivity index is 1.16. The number of nitrogens with two attached hydrogens (primary N) is 1. The van der Waals surface area contributed by atoms with Gasteiger partial charge in [0.15, 0.2) is 8.68 Å². The van der Waals surface area contributed by atoms with Crippen molar-refractivity contribution in [3.05, 3.63) is 66.2 Å². The summed E-state index contributed by atoms with van der Waals surface area (Å²) in [6, 6.07) is 20.3. The van der Waals surface area contributed by atoms with Crippen molar-refractivity contribution in [1.29, 1.82) is 0 Å². The van der Waals surface area contributed by atoms with Crippen LogP contribution in [0.15, 0.2) is 69.3 Å². The first-order valence-corrected chi connectivity index (χ1v) is 13.3. The zero-order valence-electron chi connectivity index (χ0n) is 16.6. The molecule has 6 nitrogen and oxygen atoms in total. The Morgan fingerprint density at radius 3 is 2.78 bits per heavy atom. The zero-order chi connectivity index (χ0) is 21.9. The molecule has 3 N–H and O–H groups in total. The zero-order valence-corrected chi connectivity index (χ0v) is 19.9. The van der Waals surface area contributed by atoms with Crippen molar-refractivity contribution in [2.24, 2.45) is 0 Å². The third-order valence-electron chi connectivity index (χ3n) is 4.60. The van der Waals surface area contributed by atoms with Gasteiger partial charge < -0.3 is 5.73 Å². The van der Waals surface area contributed by atoms with Crippen LogP contribution in [0.4, 0.5) is 10.8 Å². The summed E-state index contributed by atoms with van der Waals surface area (Å²) in [7, 11) is 0. The minimum atomic E-state index is -0.129. The molecule has 2 aromatic heterocycles. The predicted octanol–water partition coefficient (Wildman–Crippen LogP) is 5.91. The minimum Gasteiger partial charge on any atom is -0.399 e. The van der Waals surface area contributed by atoms with Crippen LogP contribution in [0, 0.1) is 0 Å². The van der Waals surface area contributed by atoms with Gasteiger partial charge in [0.25, 0.3) is 0 Å². The maximum atomic E-state index is 12.3. The number of rotatable bonds is 7. The number of hydrogen-bond acceptors (Lipinski definition) is 9. The molecule has 2 heterocycles. The average Bonchev–Trinajstić information content (AvgIpc) is 3.42. The standard InChI is InChI=1S/C22H17N5OS4/c23-15-8-9-17-18(10-15)31-21(24-17)30-12-19(28)25-20-26-27-22(32-20)29-11-14-6-3-5-13-4-1-2-7-16(13)14/h1-10H,11-12,23H2,(H,25,26,28). The Morgan fingerprint density at radius 1 is 0.969 bits per heavy atom. The van der Waals surface area contributed by atoms with E-state index in [1.165, 1.54) is 50.8 Å². The maximum absolute atomic E-state index is 12.3. The minimum absolute atomic E-state index is 0.129. The van der Waals surface area contributed by atoms with Crippen LogP contribution in [-0.2, 0) is 10.5 Å². The fourth-order valence-corrected chi connectivity index (χ4v) is 6.83. The van der Waals surface area contributed by atoms with Crippen LogP contribution < -0.4 is 11.1 Å². The maximum Gasteiger partial charge on any atom is 0.236 e. The molecular weight excluding hydrogens is 479 g/mol. The molecule has 0 saturated carbocycles. The fourth-order valence-electron chi connectivity index (χ4n) is 3.14.